The van der Waals surface area contributed by atoms with Gasteiger partial charge in [-0.1, -0.05) is 6.07 Å². The van der Waals surface area contributed by atoms with E-state index < -0.39 is 0 Å². The predicted octanol–water partition coefficient (Wildman–Crippen LogP) is 2.94. The van der Waals surface area contributed by atoms with Crippen LogP contribution in [0.2, 0.25) is 0 Å². The van der Waals surface area contributed by atoms with Crippen LogP contribution in [0.5, 0.6) is 0 Å². The average Bonchev–Trinajstić information content (AvgIpc) is 2.23. The summed E-state index contributed by atoms with van der Waals surface area (Å²) >= 11 is 0. The highest BCUT2D eigenvalue weighted by molar-refractivity contribution is 5.30. The van der Waals surface area contributed by atoms with Crippen LogP contribution in [0.1, 0.15) is 29.9 Å². The predicted molar refractivity (Wildman–Crippen MR) is 60.6 cm³/mol. The van der Waals surface area contributed by atoms with E-state index in [-0.39, 0.29) is 5.82 Å². The molecule has 1 aliphatic heterocycles. The van der Waals surface area contributed by atoms with Crippen molar-refractivity contribution in [1.82, 2.24) is 4.90 Å². The number of likely N-dealkylation sites (tertiary alicyclic amines) is 1. The Hall–Kier alpha value is -0.890. The van der Waals surface area contributed by atoms with Crippen molar-refractivity contribution in [1.29, 1.82) is 0 Å². The van der Waals surface area contributed by atoms with Gasteiger partial charge >= 0.3 is 0 Å². The fourth-order valence-electron chi connectivity index (χ4n) is 2.37. The second kappa shape index (κ2) is 4.31. The van der Waals surface area contributed by atoms with Gasteiger partial charge in [0.25, 0.3) is 0 Å². The maximum absolute atomic E-state index is 13.2. The first-order valence-corrected chi connectivity index (χ1v) is 5.61. The van der Waals surface area contributed by atoms with Crippen LogP contribution in [0.4, 0.5) is 4.39 Å². The first-order valence-electron chi connectivity index (χ1n) is 5.61. The fourth-order valence-corrected chi connectivity index (χ4v) is 2.37. The van der Waals surface area contributed by atoms with Gasteiger partial charge < -0.3 is 4.90 Å². The molecule has 0 radical (unpaired) electrons. The Morgan fingerprint density at radius 2 is 1.93 bits per heavy atom. The molecule has 0 aromatic heterocycles. The lowest BCUT2D eigenvalue weighted by molar-refractivity contribution is 0.255. The molecule has 0 atom stereocenters. The molecule has 0 bridgehead atoms. The molecule has 2 rings (SSSR count). The molecule has 0 N–H and O–H groups in total. The van der Waals surface area contributed by atoms with E-state index >= 15 is 0 Å². The highest BCUT2D eigenvalue weighted by Gasteiger charge is 2.19. The number of halogens is 1. The molecular formula is C13H18FN. The van der Waals surface area contributed by atoms with Crippen LogP contribution in [0.3, 0.4) is 0 Å². The first kappa shape index (κ1) is 10.6. The Balaban J connectivity index is 2.18. The number of rotatable bonds is 1. The molecule has 15 heavy (non-hydrogen) atoms. The number of hydrogen-bond acceptors (Lipinski definition) is 1. The summed E-state index contributed by atoms with van der Waals surface area (Å²) in [5.41, 5.74) is 2.44. The smallest absolute Gasteiger partial charge is 0.123 e. The summed E-state index contributed by atoms with van der Waals surface area (Å²) in [6.45, 7) is 4.33. The topological polar surface area (TPSA) is 3.24 Å². The van der Waals surface area contributed by atoms with Crippen molar-refractivity contribution in [2.45, 2.75) is 25.7 Å². The van der Waals surface area contributed by atoms with Crippen LogP contribution >= 0.6 is 0 Å². The summed E-state index contributed by atoms with van der Waals surface area (Å²) in [6, 6.07) is 5.15. The number of aryl methyl sites for hydroxylation is 1. The van der Waals surface area contributed by atoms with Gasteiger partial charge in [-0.2, -0.15) is 0 Å². The van der Waals surface area contributed by atoms with Gasteiger partial charge in [0.2, 0.25) is 0 Å². The van der Waals surface area contributed by atoms with Crippen molar-refractivity contribution in [3.05, 3.63) is 35.1 Å². The molecule has 1 saturated heterocycles. The minimum absolute atomic E-state index is 0.102. The largest absolute Gasteiger partial charge is 0.306 e. The second-order valence-electron chi connectivity index (χ2n) is 4.58. The Morgan fingerprint density at radius 3 is 2.60 bits per heavy atom. The third kappa shape index (κ3) is 2.37. The molecule has 1 nitrogen and oxygen atoms in total. The van der Waals surface area contributed by atoms with Crippen LogP contribution in [0.15, 0.2) is 18.2 Å². The number of nitrogens with zero attached hydrogens (tertiary/aromatic N) is 1. The normalized spacial score (nSPS) is 19.4. The lowest BCUT2D eigenvalue weighted by atomic mass is 9.87. The van der Waals surface area contributed by atoms with Crippen molar-refractivity contribution >= 4 is 0 Å². The third-order valence-corrected chi connectivity index (χ3v) is 3.40. The molecule has 1 aliphatic rings. The summed E-state index contributed by atoms with van der Waals surface area (Å²) in [5, 5.41) is 0. The van der Waals surface area contributed by atoms with E-state index in [0.717, 1.165) is 25.9 Å². The molecule has 0 saturated carbocycles. The molecule has 1 aromatic rings. The molecule has 0 aliphatic carbocycles. The van der Waals surface area contributed by atoms with Crippen LogP contribution < -0.4 is 0 Å². The zero-order chi connectivity index (χ0) is 10.8. The summed E-state index contributed by atoms with van der Waals surface area (Å²) in [6.07, 6.45) is 2.31. The minimum Gasteiger partial charge on any atom is -0.306 e. The van der Waals surface area contributed by atoms with Crippen molar-refractivity contribution in [3.63, 3.8) is 0 Å². The SMILES string of the molecule is Cc1ccc(F)cc1C1CCN(C)CC1. The van der Waals surface area contributed by atoms with Gasteiger partial charge in [0.05, 0.1) is 0 Å². The molecule has 1 aromatic carbocycles. The van der Waals surface area contributed by atoms with Gasteiger partial charge in [-0.15, -0.1) is 0 Å². The average molecular weight is 207 g/mol. The molecule has 0 spiro atoms. The van der Waals surface area contributed by atoms with E-state index in [1.54, 1.807) is 12.1 Å². The lowest BCUT2D eigenvalue weighted by Gasteiger charge is -2.30. The van der Waals surface area contributed by atoms with E-state index in [1.807, 2.05) is 6.07 Å². The van der Waals surface area contributed by atoms with Crippen molar-refractivity contribution in [2.75, 3.05) is 20.1 Å². The summed E-state index contributed by atoms with van der Waals surface area (Å²) in [7, 11) is 2.15. The first-order chi connectivity index (χ1) is 7.16. The Bertz CT molecular complexity index is 340. The highest BCUT2D eigenvalue weighted by Crippen LogP contribution is 2.30. The van der Waals surface area contributed by atoms with Gasteiger partial charge in [-0.25, -0.2) is 4.39 Å². The van der Waals surface area contributed by atoms with Gasteiger partial charge in [-0.05, 0) is 69.1 Å². The second-order valence-corrected chi connectivity index (χ2v) is 4.58. The summed E-state index contributed by atoms with van der Waals surface area (Å²) in [4.78, 5) is 2.34. The Labute approximate surface area is 90.9 Å². The van der Waals surface area contributed by atoms with Crippen LogP contribution in [-0.2, 0) is 0 Å². The van der Waals surface area contributed by atoms with Crippen molar-refractivity contribution in [2.24, 2.45) is 0 Å². The number of piperidine rings is 1. The molecule has 0 amide bonds. The van der Waals surface area contributed by atoms with E-state index in [2.05, 4.69) is 18.9 Å². The molecule has 0 unspecified atom stereocenters. The van der Waals surface area contributed by atoms with Crippen molar-refractivity contribution < 1.29 is 4.39 Å². The molecule has 82 valence electrons. The van der Waals surface area contributed by atoms with Gasteiger partial charge in [0, 0.05) is 0 Å². The van der Waals surface area contributed by atoms with Crippen molar-refractivity contribution in [3.8, 4) is 0 Å². The fraction of sp³-hybridized carbons (Fsp3) is 0.538. The molecule has 1 heterocycles. The zero-order valence-corrected chi connectivity index (χ0v) is 9.46. The quantitative estimate of drug-likeness (QED) is 0.684. The monoisotopic (exact) mass is 207 g/mol. The molecule has 2 heteroatoms. The zero-order valence-electron chi connectivity index (χ0n) is 9.46. The lowest BCUT2D eigenvalue weighted by Crippen LogP contribution is -2.29. The highest BCUT2D eigenvalue weighted by atomic mass is 19.1. The van der Waals surface area contributed by atoms with Gasteiger partial charge in [0.1, 0.15) is 5.82 Å². The molecule has 1 fully saturated rings. The minimum atomic E-state index is -0.102. The van der Waals surface area contributed by atoms with Crippen LogP contribution in [-0.4, -0.2) is 25.0 Å². The molecular weight excluding hydrogens is 189 g/mol. The van der Waals surface area contributed by atoms with E-state index in [0.29, 0.717) is 5.92 Å². The van der Waals surface area contributed by atoms with Crippen LogP contribution in [0.25, 0.3) is 0 Å². The van der Waals surface area contributed by atoms with E-state index in [9.17, 15) is 4.39 Å². The number of benzene rings is 1. The Kier molecular flexibility index (Phi) is 3.06. The van der Waals surface area contributed by atoms with Gasteiger partial charge in [-0.3, -0.25) is 0 Å². The van der Waals surface area contributed by atoms with E-state index in [1.165, 1.54) is 11.1 Å². The number of hydrogen-bond donors (Lipinski definition) is 0. The van der Waals surface area contributed by atoms with Gasteiger partial charge in [0.15, 0.2) is 0 Å². The van der Waals surface area contributed by atoms with E-state index in [4.69, 9.17) is 0 Å². The maximum atomic E-state index is 13.2. The Morgan fingerprint density at radius 1 is 1.27 bits per heavy atom. The standard InChI is InChI=1S/C13H18FN/c1-10-3-4-12(14)9-13(10)11-5-7-15(2)8-6-11/h3-4,9,11H,5-8H2,1-2H3. The summed E-state index contributed by atoms with van der Waals surface area (Å²) < 4.78 is 13.2. The van der Waals surface area contributed by atoms with Crippen LogP contribution in [0, 0.1) is 12.7 Å². The maximum Gasteiger partial charge on any atom is 0.123 e. The third-order valence-electron chi connectivity index (χ3n) is 3.40. The summed E-state index contributed by atoms with van der Waals surface area (Å²) in [5.74, 6) is 0.450.